The highest BCUT2D eigenvalue weighted by molar-refractivity contribution is 5.92. The van der Waals surface area contributed by atoms with E-state index in [1.807, 2.05) is 6.92 Å². The van der Waals surface area contributed by atoms with Gasteiger partial charge in [-0.05, 0) is 46.1 Å². The Morgan fingerprint density at radius 3 is 2.77 bits per heavy atom. The summed E-state index contributed by atoms with van der Waals surface area (Å²) >= 11 is 0. The first-order chi connectivity index (χ1) is 14.5. The average Bonchev–Trinajstić information content (AvgIpc) is 2.75. The number of nitrogens with zero attached hydrogens (tertiary/aromatic N) is 4. The maximum atomic E-state index is 12.8. The van der Waals surface area contributed by atoms with Crippen LogP contribution in [0.1, 0.15) is 61.6 Å². The van der Waals surface area contributed by atoms with Crippen LogP contribution in [-0.2, 0) is 9.53 Å². The Kier molecular flexibility index (Phi) is 10.7. The highest BCUT2D eigenvalue weighted by Gasteiger charge is 2.19. The van der Waals surface area contributed by atoms with Crippen LogP contribution in [0, 0.1) is 6.92 Å². The number of ether oxygens (including phenoxy) is 1. The smallest absolute Gasteiger partial charge is 0.274 e. The minimum atomic E-state index is -0.203. The van der Waals surface area contributed by atoms with E-state index < -0.39 is 0 Å². The number of aryl methyl sites for hydroxylation is 1. The molecule has 0 aliphatic carbocycles. The van der Waals surface area contributed by atoms with Gasteiger partial charge in [0, 0.05) is 58.6 Å². The fraction of sp³-hybridized carbons (Fsp3) is 0.727. The van der Waals surface area contributed by atoms with Gasteiger partial charge in [0.05, 0.1) is 11.9 Å². The Balaban J connectivity index is 1.75. The molecule has 1 aliphatic heterocycles. The molecule has 2 amide bonds. The van der Waals surface area contributed by atoms with Crippen LogP contribution in [0.3, 0.4) is 0 Å². The highest BCUT2D eigenvalue weighted by atomic mass is 16.5. The van der Waals surface area contributed by atoms with Crippen LogP contribution in [0.5, 0.6) is 0 Å². The zero-order valence-corrected chi connectivity index (χ0v) is 18.7. The lowest BCUT2D eigenvalue weighted by Gasteiger charge is -2.33. The molecule has 8 heteroatoms. The summed E-state index contributed by atoms with van der Waals surface area (Å²) in [6.07, 6.45) is 8.86. The SMILES string of the molecule is COCCCN(CCC(=O)NCCCN1CCCCC1C)C(=O)c1cnc(C)cn1. The predicted molar refractivity (Wildman–Crippen MR) is 116 cm³/mol. The number of aromatic nitrogens is 2. The maximum absolute atomic E-state index is 12.8. The quantitative estimate of drug-likeness (QED) is 0.522. The largest absolute Gasteiger partial charge is 0.385 e. The first-order valence-electron chi connectivity index (χ1n) is 11.1. The molecule has 2 rings (SSSR count). The summed E-state index contributed by atoms with van der Waals surface area (Å²) in [5.41, 5.74) is 1.06. The second kappa shape index (κ2) is 13.3. The number of hydrogen-bond donors (Lipinski definition) is 1. The molecule has 1 saturated heterocycles. The number of nitrogens with one attached hydrogen (secondary N) is 1. The molecular formula is C22H37N5O3. The molecule has 1 aliphatic rings. The van der Waals surface area contributed by atoms with Crippen molar-refractivity contribution in [3.8, 4) is 0 Å². The number of amides is 2. The van der Waals surface area contributed by atoms with Gasteiger partial charge in [0.15, 0.2) is 0 Å². The van der Waals surface area contributed by atoms with Gasteiger partial charge < -0.3 is 19.9 Å². The van der Waals surface area contributed by atoms with E-state index in [1.54, 1.807) is 18.2 Å². The lowest BCUT2D eigenvalue weighted by Crippen LogP contribution is -2.40. The molecular weight excluding hydrogens is 382 g/mol. The number of likely N-dealkylation sites (tertiary alicyclic amines) is 1. The van der Waals surface area contributed by atoms with E-state index in [0.29, 0.717) is 44.4 Å². The third-order valence-electron chi connectivity index (χ3n) is 5.56. The van der Waals surface area contributed by atoms with E-state index in [4.69, 9.17) is 4.74 Å². The van der Waals surface area contributed by atoms with Crippen LogP contribution in [0.4, 0.5) is 0 Å². The third kappa shape index (κ3) is 8.36. The molecule has 1 atom stereocenters. The zero-order valence-electron chi connectivity index (χ0n) is 18.7. The van der Waals surface area contributed by atoms with Crippen molar-refractivity contribution in [3.63, 3.8) is 0 Å². The number of rotatable bonds is 12. The van der Waals surface area contributed by atoms with Crippen LogP contribution < -0.4 is 5.32 Å². The number of piperidine rings is 1. The Hall–Kier alpha value is -2.06. The first-order valence-corrected chi connectivity index (χ1v) is 11.1. The van der Waals surface area contributed by atoms with Crippen LogP contribution in [0.2, 0.25) is 0 Å². The predicted octanol–water partition coefficient (Wildman–Crippen LogP) is 2.03. The molecule has 0 spiro atoms. The molecule has 0 saturated carbocycles. The van der Waals surface area contributed by atoms with E-state index in [-0.39, 0.29) is 18.2 Å². The van der Waals surface area contributed by atoms with Gasteiger partial charge in [0.25, 0.3) is 5.91 Å². The Morgan fingerprint density at radius 1 is 1.23 bits per heavy atom. The van der Waals surface area contributed by atoms with Crippen molar-refractivity contribution >= 4 is 11.8 Å². The van der Waals surface area contributed by atoms with Gasteiger partial charge in [0.2, 0.25) is 5.91 Å². The molecule has 8 nitrogen and oxygen atoms in total. The van der Waals surface area contributed by atoms with Crippen molar-refractivity contribution in [3.05, 3.63) is 23.8 Å². The van der Waals surface area contributed by atoms with Crippen molar-refractivity contribution in [2.75, 3.05) is 46.4 Å². The molecule has 168 valence electrons. The van der Waals surface area contributed by atoms with Crippen molar-refractivity contribution in [1.82, 2.24) is 25.1 Å². The van der Waals surface area contributed by atoms with E-state index in [2.05, 4.69) is 27.1 Å². The zero-order chi connectivity index (χ0) is 21.8. The molecule has 30 heavy (non-hydrogen) atoms. The average molecular weight is 420 g/mol. The Labute approximate surface area is 180 Å². The van der Waals surface area contributed by atoms with Crippen LogP contribution in [0.15, 0.2) is 12.4 Å². The fourth-order valence-corrected chi connectivity index (χ4v) is 3.70. The number of hydrogen-bond acceptors (Lipinski definition) is 6. The fourth-order valence-electron chi connectivity index (χ4n) is 3.70. The van der Waals surface area contributed by atoms with Crippen LogP contribution in [0.25, 0.3) is 0 Å². The van der Waals surface area contributed by atoms with Crippen molar-refractivity contribution in [1.29, 1.82) is 0 Å². The van der Waals surface area contributed by atoms with E-state index in [1.165, 1.54) is 25.5 Å². The summed E-state index contributed by atoms with van der Waals surface area (Å²) in [4.78, 5) is 37.5. The molecule has 2 heterocycles. The number of carbonyl (C=O) groups is 2. The normalized spacial score (nSPS) is 17.0. The Morgan fingerprint density at radius 2 is 2.07 bits per heavy atom. The second-order valence-corrected chi connectivity index (χ2v) is 8.02. The van der Waals surface area contributed by atoms with Gasteiger partial charge in [0.1, 0.15) is 5.69 Å². The van der Waals surface area contributed by atoms with Crippen LogP contribution in [-0.4, -0.2) is 84.1 Å². The molecule has 1 aromatic heterocycles. The first kappa shape index (κ1) is 24.2. The van der Waals surface area contributed by atoms with Crippen molar-refractivity contribution in [2.45, 2.75) is 58.4 Å². The molecule has 0 bridgehead atoms. The topological polar surface area (TPSA) is 87.7 Å². The summed E-state index contributed by atoms with van der Waals surface area (Å²) < 4.78 is 5.09. The minimum absolute atomic E-state index is 0.0266. The standard InChI is InChI=1S/C22H37N5O3/c1-18-16-25-20(17-24-18)22(29)27(13-7-15-30-3)14-9-21(28)23-10-6-12-26-11-5-4-8-19(26)2/h16-17,19H,4-15H2,1-3H3,(H,23,28). The molecule has 0 radical (unpaired) electrons. The maximum Gasteiger partial charge on any atom is 0.274 e. The van der Waals surface area contributed by atoms with Gasteiger partial charge >= 0.3 is 0 Å². The van der Waals surface area contributed by atoms with Gasteiger partial charge in [-0.15, -0.1) is 0 Å². The molecule has 1 aromatic rings. The molecule has 1 N–H and O–H groups in total. The van der Waals surface area contributed by atoms with E-state index >= 15 is 0 Å². The minimum Gasteiger partial charge on any atom is -0.385 e. The molecule has 1 unspecified atom stereocenters. The van der Waals surface area contributed by atoms with Gasteiger partial charge in [-0.1, -0.05) is 6.42 Å². The van der Waals surface area contributed by atoms with Gasteiger partial charge in [-0.25, -0.2) is 4.98 Å². The summed E-state index contributed by atoms with van der Waals surface area (Å²) in [6, 6.07) is 0.644. The van der Waals surface area contributed by atoms with Gasteiger partial charge in [-0.2, -0.15) is 0 Å². The summed E-state index contributed by atoms with van der Waals surface area (Å²) in [5, 5.41) is 2.99. The van der Waals surface area contributed by atoms with E-state index in [0.717, 1.165) is 25.2 Å². The number of carbonyl (C=O) groups excluding carboxylic acids is 2. The lowest BCUT2D eigenvalue weighted by atomic mass is 10.0. The Bertz CT molecular complexity index is 653. The molecule has 1 fully saturated rings. The highest BCUT2D eigenvalue weighted by Crippen LogP contribution is 2.16. The summed E-state index contributed by atoms with van der Waals surface area (Å²) in [6.45, 7) is 8.40. The summed E-state index contributed by atoms with van der Waals surface area (Å²) in [5.74, 6) is -0.230. The van der Waals surface area contributed by atoms with Crippen LogP contribution >= 0.6 is 0 Å². The lowest BCUT2D eigenvalue weighted by molar-refractivity contribution is -0.121. The third-order valence-corrected chi connectivity index (χ3v) is 5.56. The van der Waals surface area contributed by atoms with Crippen molar-refractivity contribution < 1.29 is 14.3 Å². The molecule has 0 aromatic carbocycles. The van der Waals surface area contributed by atoms with E-state index in [9.17, 15) is 9.59 Å². The second-order valence-electron chi connectivity index (χ2n) is 8.02. The number of methoxy groups -OCH3 is 1. The van der Waals surface area contributed by atoms with Crippen molar-refractivity contribution in [2.24, 2.45) is 0 Å². The summed E-state index contributed by atoms with van der Waals surface area (Å²) in [7, 11) is 1.63. The monoisotopic (exact) mass is 419 g/mol. The van der Waals surface area contributed by atoms with Gasteiger partial charge in [-0.3, -0.25) is 14.6 Å².